The summed E-state index contributed by atoms with van der Waals surface area (Å²) in [6.07, 6.45) is 0. The SMILES string of the molecule is CC(C)(C)O[SiH2][Se][SiH2]OC(C)(C)C. The van der Waals surface area contributed by atoms with Gasteiger partial charge in [-0.15, -0.1) is 0 Å². The van der Waals surface area contributed by atoms with Crippen LogP contribution in [0.15, 0.2) is 0 Å². The van der Waals surface area contributed by atoms with Crippen LogP contribution in [0.25, 0.3) is 0 Å². The summed E-state index contributed by atoms with van der Waals surface area (Å²) in [5, 5.41) is 0. The second-order valence-electron chi connectivity index (χ2n) is 4.95. The van der Waals surface area contributed by atoms with Gasteiger partial charge in [-0.2, -0.15) is 0 Å². The minimum atomic E-state index is -0.263. The van der Waals surface area contributed by atoms with Gasteiger partial charge in [-0.25, -0.2) is 0 Å². The maximum atomic E-state index is 5.77. The van der Waals surface area contributed by atoms with Gasteiger partial charge in [0.25, 0.3) is 0 Å². The molecule has 0 aliphatic heterocycles. The van der Waals surface area contributed by atoms with Crippen LogP contribution >= 0.6 is 0 Å². The Bertz CT molecular complexity index is 124. The van der Waals surface area contributed by atoms with Crippen LogP contribution in [0.4, 0.5) is 0 Å². The van der Waals surface area contributed by atoms with Crippen LogP contribution in [0.1, 0.15) is 41.5 Å². The van der Waals surface area contributed by atoms with Crippen LogP contribution in [-0.4, -0.2) is 41.6 Å². The average Bonchev–Trinajstić information content (AvgIpc) is 1.81. The Morgan fingerprint density at radius 1 is 0.769 bits per heavy atom. The van der Waals surface area contributed by atoms with Gasteiger partial charge in [0.05, 0.1) is 0 Å². The predicted octanol–water partition coefficient (Wildman–Crippen LogP) is 0.318. The Hall–Kier alpha value is 0.873. The molecule has 0 aromatic carbocycles. The maximum absolute atomic E-state index is 5.77. The van der Waals surface area contributed by atoms with Gasteiger partial charge in [-0.05, 0) is 0 Å². The Balaban J connectivity index is 3.28. The van der Waals surface area contributed by atoms with Crippen molar-refractivity contribution in [2.75, 3.05) is 0 Å². The third kappa shape index (κ3) is 12.9. The summed E-state index contributed by atoms with van der Waals surface area (Å²) in [6.45, 7) is 12.8. The van der Waals surface area contributed by atoms with E-state index in [1.165, 1.54) is 0 Å². The Labute approximate surface area is 92.1 Å². The van der Waals surface area contributed by atoms with Crippen molar-refractivity contribution < 1.29 is 8.85 Å². The van der Waals surface area contributed by atoms with E-state index in [0.29, 0.717) is 0 Å². The molecule has 0 fully saturated rings. The standard InChI is InChI=1S/C8H22O2SeSi2/c1-7(2,3)9-12-11-13-10-8(4,5)6/h12-13H2,1-6H3. The first kappa shape index (κ1) is 13.9. The Kier molecular flexibility index (Phi) is 6.06. The average molecular weight is 285 g/mol. The monoisotopic (exact) mass is 286 g/mol. The van der Waals surface area contributed by atoms with E-state index in [9.17, 15) is 0 Å². The van der Waals surface area contributed by atoms with E-state index in [1.807, 2.05) is 0 Å². The van der Waals surface area contributed by atoms with Gasteiger partial charge in [0.2, 0.25) is 0 Å². The zero-order valence-electron chi connectivity index (χ0n) is 9.64. The molecule has 0 aromatic rings. The fourth-order valence-corrected chi connectivity index (χ4v) is 11.0. The summed E-state index contributed by atoms with van der Waals surface area (Å²) in [5.41, 5.74) is 0.147. The van der Waals surface area contributed by atoms with Gasteiger partial charge >= 0.3 is 92.0 Å². The van der Waals surface area contributed by atoms with E-state index in [0.717, 1.165) is 13.7 Å². The molecule has 0 aliphatic carbocycles. The molecule has 80 valence electrons. The molecule has 13 heavy (non-hydrogen) atoms. The van der Waals surface area contributed by atoms with E-state index in [-0.39, 0.29) is 27.9 Å². The van der Waals surface area contributed by atoms with Crippen LogP contribution < -0.4 is 0 Å². The van der Waals surface area contributed by atoms with Gasteiger partial charge in [0.1, 0.15) is 0 Å². The quantitative estimate of drug-likeness (QED) is 0.547. The van der Waals surface area contributed by atoms with Crippen molar-refractivity contribution in [2.45, 2.75) is 52.7 Å². The number of rotatable bonds is 4. The second-order valence-corrected chi connectivity index (χ2v) is 18.3. The molecule has 0 rings (SSSR count). The molecule has 0 amide bonds. The molecule has 0 atom stereocenters. The first-order valence-corrected chi connectivity index (χ1v) is 14.1. The Morgan fingerprint density at radius 3 is 1.31 bits per heavy atom. The number of hydrogen-bond acceptors (Lipinski definition) is 2. The zero-order valence-corrected chi connectivity index (χ0v) is 14.2. The van der Waals surface area contributed by atoms with E-state index in [2.05, 4.69) is 41.5 Å². The van der Waals surface area contributed by atoms with Crippen molar-refractivity contribution in [3.63, 3.8) is 0 Å². The molecule has 0 unspecified atom stereocenters. The molecule has 0 spiro atoms. The van der Waals surface area contributed by atoms with E-state index in [4.69, 9.17) is 8.85 Å². The molecule has 0 aliphatic rings. The van der Waals surface area contributed by atoms with Crippen molar-refractivity contribution in [1.82, 2.24) is 0 Å². The summed E-state index contributed by atoms with van der Waals surface area (Å²) < 4.78 is 11.5. The Morgan fingerprint density at radius 2 is 1.08 bits per heavy atom. The molecule has 0 bridgehead atoms. The summed E-state index contributed by atoms with van der Waals surface area (Å²) >= 11 is 0.723. The molecular formula is C8H22O2SeSi2. The van der Waals surface area contributed by atoms with Crippen molar-refractivity contribution in [3.05, 3.63) is 0 Å². The summed E-state index contributed by atoms with van der Waals surface area (Å²) in [5.74, 6) is 0. The topological polar surface area (TPSA) is 18.5 Å². The van der Waals surface area contributed by atoms with E-state index in [1.54, 1.807) is 0 Å². The molecule has 0 saturated heterocycles. The van der Waals surface area contributed by atoms with Crippen LogP contribution in [0.3, 0.4) is 0 Å². The molecule has 0 radical (unpaired) electrons. The molecule has 0 heterocycles. The number of hydrogen-bond donors (Lipinski definition) is 0. The van der Waals surface area contributed by atoms with Crippen molar-refractivity contribution in [3.8, 4) is 0 Å². The van der Waals surface area contributed by atoms with Gasteiger partial charge in [-0.1, -0.05) is 0 Å². The summed E-state index contributed by atoms with van der Waals surface area (Å²) in [7, 11) is -0.525. The van der Waals surface area contributed by atoms with E-state index < -0.39 is 0 Å². The van der Waals surface area contributed by atoms with Crippen molar-refractivity contribution >= 4 is 30.4 Å². The minimum absolute atomic E-state index is 0.0735. The molecule has 0 aromatic heterocycles. The van der Waals surface area contributed by atoms with Crippen LogP contribution in [0.2, 0.25) is 0 Å². The van der Waals surface area contributed by atoms with Crippen molar-refractivity contribution in [1.29, 1.82) is 0 Å². The van der Waals surface area contributed by atoms with E-state index >= 15 is 0 Å². The van der Waals surface area contributed by atoms with Crippen LogP contribution in [-0.2, 0) is 8.85 Å². The zero-order chi connectivity index (χ0) is 10.5. The van der Waals surface area contributed by atoms with Crippen LogP contribution in [0, 0.1) is 0 Å². The second kappa shape index (κ2) is 5.68. The fraction of sp³-hybridized carbons (Fsp3) is 1.00. The molecule has 0 saturated carbocycles. The molecule has 0 N–H and O–H groups in total. The summed E-state index contributed by atoms with van der Waals surface area (Å²) in [6, 6.07) is 0. The molecular weight excluding hydrogens is 263 g/mol. The van der Waals surface area contributed by atoms with Crippen LogP contribution in [0.5, 0.6) is 0 Å². The third-order valence-electron chi connectivity index (χ3n) is 1.15. The summed E-state index contributed by atoms with van der Waals surface area (Å²) in [4.78, 5) is 0. The van der Waals surface area contributed by atoms with Gasteiger partial charge < -0.3 is 0 Å². The third-order valence-corrected chi connectivity index (χ3v) is 12.2. The van der Waals surface area contributed by atoms with Gasteiger partial charge in [0.15, 0.2) is 0 Å². The van der Waals surface area contributed by atoms with Crippen molar-refractivity contribution in [2.24, 2.45) is 0 Å². The normalized spacial score (nSPS) is 15.2. The first-order valence-electron chi connectivity index (χ1n) is 4.56. The fourth-order valence-electron chi connectivity index (χ4n) is 0.471. The molecule has 5 heteroatoms. The molecule has 2 nitrogen and oxygen atoms in total. The van der Waals surface area contributed by atoms with Gasteiger partial charge in [0, 0.05) is 0 Å². The first-order chi connectivity index (χ1) is 5.71. The predicted molar refractivity (Wildman–Crippen MR) is 64.5 cm³/mol. The van der Waals surface area contributed by atoms with Gasteiger partial charge in [-0.3, -0.25) is 0 Å².